The highest BCUT2D eigenvalue weighted by atomic mass is 16.5. The standard InChI is InChI=1S/C20H20N2O6/c1-27-16-5-3-2-4-12(16)8-14(20(25)26)10-21-19(24)13-6-7-17-15(9-13)22-18(23)11-28-17/h2-7,9,14H,8,10-11H2,1H3,(H,21,24)(H,22,23)(H,25,26). The van der Waals surface area contributed by atoms with Gasteiger partial charge in [0.25, 0.3) is 11.8 Å². The van der Waals surface area contributed by atoms with Crippen LogP contribution in [-0.4, -0.2) is 43.2 Å². The molecule has 0 aliphatic carbocycles. The molecule has 28 heavy (non-hydrogen) atoms. The molecule has 8 nitrogen and oxygen atoms in total. The van der Waals surface area contributed by atoms with Crippen molar-refractivity contribution in [1.29, 1.82) is 0 Å². The molecule has 8 heteroatoms. The molecule has 2 aromatic carbocycles. The number of nitrogens with one attached hydrogen (secondary N) is 2. The fourth-order valence-electron chi connectivity index (χ4n) is 2.93. The van der Waals surface area contributed by atoms with Gasteiger partial charge in [-0.2, -0.15) is 0 Å². The smallest absolute Gasteiger partial charge is 0.308 e. The molecule has 3 N–H and O–H groups in total. The van der Waals surface area contributed by atoms with Gasteiger partial charge in [-0.3, -0.25) is 14.4 Å². The first kappa shape index (κ1) is 19.2. The van der Waals surface area contributed by atoms with Crippen molar-refractivity contribution >= 4 is 23.5 Å². The lowest BCUT2D eigenvalue weighted by molar-refractivity contribution is -0.141. The predicted octanol–water partition coefficient (Wildman–Crippen LogP) is 1.70. The van der Waals surface area contributed by atoms with E-state index in [0.717, 1.165) is 5.56 Å². The van der Waals surface area contributed by atoms with Crippen LogP contribution in [0.3, 0.4) is 0 Å². The Balaban J connectivity index is 1.67. The third-order valence-corrected chi connectivity index (χ3v) is 4.39. The Kier molecular flexibility index (Phi) is 5.78. The molecule has 2 aromatic rings. The van der Waals surface area contributed by atoms with Crippen molar-refractivity contribution in [2.24, 2.45) is 5.92 Å². The fourth-order valence-corrected chi connectivity index (χ4v) is 2.93. The second-order valence-electron chi connectivity index (χ2n) is 6.31. The summed E-state index contributed by atoms with van der Waals surface area (Å²) >= 11 is 0. The van der Waals surface area contributed by atoms with Crippen LogP contribution in [0, 0.1) is 5.92 Å². The summed E-state index contributed by atoms with van der Waals surface area (Å²) in [6, 6.07) is 11.8. The summed E-state index contributed by atoms with van der Waals surface area (Å²) in [4.78, 5) is 35.5. The third kappa shape index (κ3) is 4.40. The lowest BCUT2D eigenvalue weighted by Gasteiger charge is -2.19. The first-order valence-electron chi connectivity index (χ1n) is 8.67. The summed E-state index contributed by atoms with van der Waals surface area (Å²) in [6.07, 6.45) is 0.216. The lowest BCUT2D eigenvalue weighted by Crippen LogP contribution is -2.34. The SMILES string of the molecule is COc1ccccc1CC(CNC(=O)c1ccc2c(c1)NC(=O)CO2)C(=O)O. The number of carboxylic acids is 1. The molecule has 0 bridgehead atoms. The number of amides is 2. The number of carbonyl (C=O) groups excluding carboxylic acids is 2. The minimum absolute atomic E-state index is 0.0494. The zero-order valence-electron chi connectivity index (χ0n) is 15.2. The summed E-state index contributed by atoms with van der Waals surface area (Å²) in [6.45, 7) is -0.117. The number of hydrogen-bond donors (Lipinski definition) is 3. The molecule has 1 unspecified atom stereocenters. The van der Waals surface area contributed by atoms with E-state index in [9.17, 15) is 19.5 Å². The van der Waals surface area contributed by atoms with E-state index in [2.05, 4.69) is 10.6 Å². The minimum Gasteiger partial charge on any atom is -0.496 e. The monoisotopic (exact) mass is 384 g/mol. The number of carbonyl (C=O) groups is 3. The maximum atomic E-state index is 12.4. The molecular weight excluding hydrogens is 364 g/mol. The molecule has 0 saturated carbocycles. The number of hydrogen-bond acceptors (Lipinski definition) is 5. The molecule has 3 rings (SSSR count). The molecule has 146 valence electrons. The molecule has 2 amide bonds. The van der Waals surface area contributed by atoms with E-state index in [1.165, 1.54) is 13.2 Å². The summed E-state index contributed by atoms with van der Waals surface area (Å²) in [5.41, 5.74) is 1.46. The van der Waals surface area contributed by atoms with E-state index in [4.69, 9.17) is 9.47 Å². The Labute approximate surface area is 161 Å². The van der Waals surface area contributed by atoms with Crippen molar-refractivity contribution in [1.82, 2.24) is 5.32 Å². The van der Waals surface area contributed by atoms with Gasteiger partial charge in [-0.25, -0.2) is 0 Å². The van der Waals surface area contributed by atoms with E-state index in [1.807, 2.05) is 0 Å². The normalized spacial score (nSPS) is 13.5. The summed E-state index contributed by atoms with van der Waals surface area (Å²) in [7, 11) is 1.52. The molecule has 0 radical (unpaired) electrons. The van der Waals surface area contributed by atoms with E-state index < -0.39 is 17.8 Å². The zero-order chi connectivity index (χ0) is 20.1. The highest BCUT2D eigenvalue weighted by molar-refractivity contribution is 5.99. The number of fused-ring (bicyclic) bond motifs is 1. The largest absolute Gasteiger partial charge is 0.496 e. The Morgan fingerprint density at radius 2 is 2.07 bits per heavy atom. The molecule has 1 aliphatic rings. The van der Waals surface area contributed by atoms with Crippen molar-refractivity contribution in [3.05, 3.63) is 53.6 Å². The van der Waals surface area contributed by atoms with Crippen molar-refractivity contribution in [2.45, 2.75) is 6.42 Å². The van der Waals surface area contributed by atoms with Crippen LogP contribution in [0.4, 0.5) is 5.69 Å². The lowest BCUT2D eigenvalue weighted by atomic mass is 9.98. The van der Waals surface area contributed by atoms with Gasteiger partial charge in [0.1, 0.15) is 11.5 Å². The highest BCUT2D eigenvalue weighted by Crippen LogP contribution is 2.28. The maximum absolute atomic E-state index is 12.4. The minimum atomic E-state index is -1.02. The molecule has 1 atom stereocenters. The Morgan fingerprint density at radius 3 is 2.82 bits per heavy atom. The number of methoxy groups -OCH3 is 1. The van der Waals surface area contributed by atoms with Gasteiger partial charge in [0.05, 0.1) is 18.7 Å². The molecule has 0 aromatic heterocycles. The van der Waals surface area contributed by atoms with Gasteiger partial charge < -0.3 is 25.2 Å². The molecular formula is C20H20N2O6. The van der Waals surface area contributed by atoms with Gasteiger partial charge in [0.15, 0.2) is 6.61 Å². The van der Waals surface area contributed by atoms with Gasteiger partial charge in [-0.05, 0) is 36.2 Å². The van der Waals surface area contributed by atoms with Gasteiger partial charge in [0, 0.05) is 12.1 Å². The van der Waals surface area contributed by atoms with Crippen LogP contribution in [-0.2, 0) is 16.0 Å². The van der Waals surface area contributed by atoms with Crippen molar-refractivity contribution < 1.29 is 29.0 Å². The van der Waals surface area contributed by atoms with Gasteiger partial charge >= 0.3 is 5.97 Å². The van der Waals surface area contributed by atoms with Crippen molar-refractivity contribution in [3.63, 3.8) is 0 Å². The molecule has 1 aliphatic heterocycles. The Bertz CT molecular complexity index is 911. The topological polar surface area (TPSA) is 114 Å². The van der Waals surface area contributed by atoms with Crippen LogP contribution in [0.1, 0.15) is 15.9 Å². The van der Waals surface area contributed by atoms with E-state index in [-0.39, 0.29) is 25.5 Å². The fraction of sp³-hybridized carbons (Fsp3) is 0.250. The number of rotatable bonds is 7. The predicted molar refractivity (Wildman–Crippen MR) is 101 cm³/mol. The van der Waals surface area contributed by atoms with Gasteiger partial charge in [-0.1, -0.05) is 18.2 Å². The number of benzene rings is 2. The van der Waals surface area contributed by atoms with E-state index in [0.29, 0.717) is 22.7 Å². The van der Waals surface area contributed by atoms with Crippen LogP contribution in [0.5, 0.6) is 11.5 Å². The molecule has 1 heterocycles. The molecule has 0 spiro atoms. The number of ether oxygens (including phenoxy) is 2. The van der Waals surface area contributed by atoms with Crippen LogP contribution in [0.25, 0.3) is 0 Å². The average Bonchev–Trinajstić information content (AvgIpc) is 2.70. The summed E-state index contributed by atoms with van der Waals surface area (Å²) in [5.74, 6) is -1.49. The van der Waals surface area contributed by atoms with E-state index >= 15 is 0 Å². The quantitative estimate of drug-likeness (QED) is 0.670. The second kappa shape index (κ2) is 8.43. The third-order valence-electron chi connectivity index (χ3n) is 4.39. The van der Waals surface area contributed by atoms with Crippen LogP contribution in [0.15, 0.2) is 42.5 Å². The van der Waals surface area contributed by atoms with Gasteiger partial charge in [-0.15, -0.1) is 0 Å². The van der Waals surface area contributed by atoms with Crippen molar-refractivity contribution in [3.8, 4) is 11.5 Å². The van der Waals surface area contributed by atoms with E-state index in [1.54, 1.807) is 36.4 Å². The molecule has 0 saturated heterocycles. The van der Waals surface area contributed by atoms with Gasteiger partial charge in [0.2, 0.25) is 0 Å². The summed E-state index contributed by atoms with van der Waals surface area (Å²) < 4.78 is 10.5. The first-order valence-corrected chi connectivity index (χ1v) is 8.67. The van der Waals surface area contributed by atoms with Crippen molar-refractivity contribution in [2.75, 3.05) is 25.6 Å². The highest BCUT2D eigenvalue weighted by Gasteiger charge is 2.22. The number of carboxylic acid groups (broad SMARTS) is 1. The van der Waals surface area contributed by atoms with Crippen LogP contribution < -0.4 is 20.1 Å². The Morgan fingerprint density at radius 1 is 1.29 bits per heavy atom. The number of para-hydroxylation sites is 1. The van der Waals surface area contributed by atoms with Crippen LogP contribution >= 0.6 is 0 Å². The average molecular weight is 384 g/mol. The number of anilines is 1. The number of aliphatic carboxylic acids is 1. The second-order valence-corrected chi connectivity index (χ2v) is 6.31. The Hall–Kier alpha value is -3.55. The maximum Gasteiger partial charge on any atom is 0.308 e. The first-order chi connectivity index (χ1) is 13.5. The zero-order valence-corrected chi connectivity index (χ0v) is 15.2. The summed E-state index contributed by atoms with van der Waals surface area (Å²) in [5, 5.41) is 14.8. The van der Waals surface area contributed by atoms with Crippen LogP contribution in [0.2, 0.25) is 0 Å². The molecule has 0 fully saturated rings.